The van der Waals surface area contributed by atoms with Crippen LogP contribution in [-0.2, 0) is 22.6 Å². The Kier molecular flexibility index (Phi) is 10.4. The SMILES string of the molecule is COc1ccc(OCCCC(=O)N(Cc2ccc(C)cc2)[C@H](Cc2ccccc2)C(=O)NC2CCCC2)cc1. The second kappa shape index (κ2) is 14.4. The topological polar surface area (TPSA) is 67.9 Å². The molecule has 1 aliphatic rings. The fourth-order valence-corrected chi connectivity index (χ4v) is 5.04. The number of hydrogen-bond donors (Lipinski definition) is 1. The second-order valence-electron chi connectivity index (χ2n) is 10.3. The molecular formula is C33H40N2O4. The van der Waals surface area contributed by atoms with Gasteiger partial charge in [0.25, 0.3) is 0 Å². The van der Waals surface area contributed by atoms with Crippen LogP contribution in [0.5, 0.6) is 11.5 Å². The molecule has 1 fully saturated rings. The summed E-state index contributed by atoms with van der Waals surface area (Å²) in [5.74, 6) is 1.39. The summed E-state index contributed by atoms with van der Waals surface area (Å²) in [5, 5.41) is 3.26. The molecule has 0 saturated heterocycles. The van der Waals surface area contributed by atoms with Gasteiger partial charge in [0.05, 0.1) is 13.7 Å². The molecule has 0 spiro atoms. The monoisotopic (exact) mass is 528 g/mol. The summed E-state index contributed by atoms with van der Waals surface area (Å²) in [6.45, 7) is 2.84. The fraction of sp³-hybridized carbons (Fsp3) is 0.394. The van der Waals surface area contributed by atoms with E-state index < -0.39 is 6.04 Å². The Morgan fingerprint density at radius 1 is 0.897 bits per heavy atom. The predicted molar refractivity (Wildman–Crippen MR) is 154 cm³/mol. The van der Waals surface area contributed by atoms with Crippen molar-refractivity contribution in [2.24, 2.45) is 0 Å². The summed E-state index contributed by atoms with van der Waals surface area (Å²) in [5.41, 5.74) is 3.20. The molecular weight excluding hydrogens is 488 g/mol. The summed E-state index contributed by atoms with van der Waals surface area (Å²) in [7, 11) is 1.63. The minimum atomic E-state index is -0.593. The van der Waals surface area contributed by atoms with Gasteiger partial charge in [0.1, 0.15) is 17.5 Å². The minimum Gasteiger partial charge on any atom is -0.497 e. The summed E-state index contributed by atoms with van der Waals surface area (Å²) < 4.78 is 11.0. The van der Waals surface area contributed by atoms with Gasteiger partial charge in [0.2, 0.25) is 11.8 Å². The van der Waals surface area contributed by atoms with Crippen molar-refractivity contribution in [3.05, 3.63) is 95.6 Å². The van der Waals surface area contributed by atoms with Crippen LogP contribution in [0.25, 0.3) is 0 Å². The Balaban J connectivity index is 1.49. The van der Waals surface area contributed by atoms with Gasteiger partial charge in [-0.05, 0) is 61.6 Å². The van der Waals surface area contributed by atoms with Gasteiger partial charge in [0.15, 0.2) is 0 Å². The molecule has 1 aliphatic carbocycles. The predicted octanol–water partition coefficient (Wildman–Crippen LogP) is 5.86. The molecule has 39 heavy (non-hydrogen) atoms. The van der Waals surface area contributed by atoms with Gasteiger partial charge in [-0.3, -0.25) is 9.59 Å². The van der Waals surface area contributed by atoms with Crippen molar-refractivity contribution in [3.8, 4) is 11.5 Å². The van der Waals surface area contributed by atoms with E-state index >= 15 is 0 Å². The van der Waals surface area contributed by atoms with Crippen LogP contribution in [0, 0.1) is 6.92 Å². The number of carbonyl (C=O) groups is 2. The fourth-order valence-electron chi connectivity index (χ4n) is 5.04. The van der Waals surface area contributed by atoms with Gasteiger partial charge in [-0.1, -0.05) is 73.0 Å². The van der Waals surface area contributed by atoms with Crippen LogP contribution < -0.4 is 14.8 Å². The Bertz CT molecular complexity index is 1170. The molecule has 0 aromatic heterocycles. The maximum absolute atomic E-state index is 13.8. The van der Waals surface area contributed by atoms with Crippen LogP contribution >= 0.6 is 0 Å². The number of nitrogens with zero attached hydrogens (tertiary/aromatic N) is 1. The van der Waals surface area contributed by atoms with Crippen molar-refractivity contribution in [1.82, 2.24) is 10.2 Å². The molecule has 0 heterocycles. The molecule has 0 bridgehead atoms. The first-order valence-electron chi connectivity index (χ1n) is 14.0. The van der Waals surface area contributed by atoms with Gasteiger partial charge >= 0.3 is 0 Å². The summed E-state index contributed by atoms with van der Waals surface area (Å²) in [4.78, 5) is 29.3. The van der Waals surface area contributed by atoms with E-state index in [1.807, 2.05) is 85.8 Å². The van der Waals surface area contributed by atoms with Gasteiger partial charge in [-0.25, -0.2) is 0 Å². The highest BCUT2D eigenvalue weighted by molar-refractivity contribution is 5.88. The van der Waals surface area contributed by atoms with Crippen molar-refractivity contribution in [2.75, 3.05) is 13.7 Å². The lowest BCUT2D eigenvalue weighted by Crippen LogP contribution is -2.52. The number of methoxy groups -OCH3 is 1. The molecule has 0 radical (unpaired) electrons. The number of rotatable bonds is 13. The van der Waals surface area contributed by atoms with E-state index in [2.05, 4.69) is 5.32 Å². The van der Waals surface area contributed by atoms with Crippen LogP contribution in [0.4, 0.5) is 0 Å². The smallest absolute Gasteiger partial charge is 0.243 e. The quantitative estimate of drug-likeness (QED) is 0.282. The molecule has 1 atom stereocenters. The number of amides is 2. The molecule has 1 N–H and O–H groups in total. The summed E-state index contributed by atoms with van der Waals surface area (Å²) in [6.07, 6.45) is 5.58. The standard InChI is InChI=1S/C33H40N2O4/c1-25-14-16-27(17-15-25)24-35(32(36)13-8-22-39-30-20-18-29(38-2)19-21-30)31(23-26-9-4-3-5-10-26)33(37)34-28-11-6-7-12-28/h3-5,9-10,14-21,28,31H,6-8,11-13,22-24H2,1-2H3,(H,34,37)/t31-/m1/s1. The van der Waals surface area contributed by atoms with E-state index in [-0.39, 0.29) is 17.9 Å². The minimum absolute atomic E-state index is 0.0450. The van der Waals surface area contributed by atoms with Crippen molar-refractivity contribution < 1.29 is 19.1 Å². The van der Waals surface area contributed by atoms with E-state index in [1.54, 1.807) is 12.0 Å². The van der Waals surface area contributed by atoms with Crippen molar-refractivity contribution in [2.45, 2.75) is 70.5 Å². The number of hydrogen-bond acceptors (Lipinski definition) is 4. The number of nitrogens with one attached hydrogen (secondary N) is 1. The number of aryl methyl sites for hydroxylation is 1. The van der Waals surface area contributed by atoms with Crippen molar-refractivity contribution in [3.63, 3.8) is 0 Å². The second-order valence-corrected chi connectivity index (χ2v) is 10.3. The Morgan fingerprint density at radius 3 is 2.23 bits per heavy atom. The van der Waals surface area contributed by atoms with E-state index in [1.165, 1.54) is 0 Å². The van der Waals surface area contributed by atoms with Crippen LogP contribution in [0.15, 0.2) is 78.9 Å². The normalized spacial score (nSPS) is 14.0. The molecule has 1 saturated carbocycles. The molecule has 6 heteroatoms. The third-order valence-corrected chi connectivity index (χ3v) is 7.31. The first-order chi connectivity index (χ1) is 19.0. The maximum atomic E-state index is 13.8. The lowest BCUT2D eigenvalue weighted by Gasteiger charge is -2.32. The van der Waals surface area contributed by atoms with Crippen LogP contribution in [0.2, 0.25) is 0 Å². The lowest BCUT2D eigenvalue weighted by molar-refractivity contribution is -0.141. The van der Waals surface area contributed by atoms with Crippen molar-refractivity contribution >= 4 is 11.8 Å². The van der Waals surface area contributed by atoms with Gasteiger partial charge in [0, 0.05) is 25.4 Å². The zero-order chi connectivity index (χ0) is 27.5. The number of benzene rings is 3. The first-order valence-corrected chi connectivity index (χ1v) is 14.0. The molecule has 206 valence electrons. The zero-order valence-corrected chi connectivity index (χ0v) is 23.1. The average Bonchev–Trinajstić information content (AvgIpc) is 3.48. The Labute approximate surface area is 232 Å². The van der Waals surface area contributed by atoms with E-state index in [0.29, 0.717) is 32.4 Å². The Morgan fingerprint density at radius 2 is 1.56 bits per heavy atom. The number of carbonyl (C=O) groups excluding carboxylic acids is 2. The molecule has 2 amide bonds. The van der Waals surface area contributed by atoms with E-state index in [0.717, 1.165) is 53.9 Å². The van der Waals surface area contributed by atoms with Gasteiger partial charge in [-0.15, -0.1) is 0 Å². The average molecular weight is 529 g/mol. The first kappa shape index (κ1) is 28.2. The highest BCUT2D eigenvalue weighted by atomic mass is 16.5. The Hall–Kier alpha value is -3.80. The third-order valence-electron chi connectivity index (χ3n) is 7.31. The number of ether oxygens (including phenoxy) is 2. The largest absolute Gasteiger partial charge is 0.497 e. The highest BCUT2D eigenvalue weighted by Gasteiger charge is 2.32. The molecule has 3 aromatic carbocycles. The van der Waals surface area contributed by atoms with Gasteiger partial charge < -0.3 is 19.7 Å². The van der Waals surface area contributed by atoms with Crippen LogP contribution in [0.3, 0.4) is 0 Å². The third kappa shape index (κ3) is 8.60. The van der Waals surface area contributed by atoms with Gasteiger partial charge in [-0.2, -0.15) is 0 Å². The zero-order valence-electron chi connectivity index (χ0n) is 23.1. The molecule has 3 aromatic rings. The van der Waals surface area contributed by atoms with E-state index in [4.69, 9.17) is 9.47 Å². The molecule has 0 unspecified atom stereocenters. The maximum Gasteiger partial charge on any atom is 0.243 e. The lowest BCUT2D eigenvalue weighted by atomic mass is 10.0. The van der Waals surface area contributed by atoms with Crippen molar-refractivity contribution in [1.29, 1.82) is 0 Å². The van der Waals surface area contributed by atoms with Crippen LogP contribution in [0.1, 0.15) is 55.2 Å². The van der Waals surface area contributed by atoms with Crippen LogP contribution in [-0.4, -0.2) is 42.5 Å². The summed E-state index contributed by atoms with van der Waals surface area (Å²) >= 11 is 0. The summed E-state index contributed by atoms with van der Waals surface area (Å²) in [6, 6.07) is 25.1. The molecule has 0 aliphatic heterocycles. The molecule has 6 nitrogen and oxygen atoms in total. The molecule has 4 rings (SSSR count). The highest BCUT2D eigenvalue weighted by Crippen LogP contribution is 2.21. The van der Waals surface area contributed by atoms with E-state index in [9.17, 15) is 9.59 Å².